The van der Waals surface area contributed by atoms with Gasteiger partial charge in [0.2, 0.25) is 5.91 Å². The first-order valence-electron chi connectivity index (χ1n) is 7.90. The largest absolute Gasteiger partial charge is 0.339 e. The molecule has 1 aliphatic rings. The first kappa shape index (κ1) is 16.0. The van der Waals surface area contributed by atoms with Gasteiger partial charge < -0.3 is 10.2 Å². The smallest absolute Gasteiger partial charge is 0.224 e. The van der Waals surface area contributed by atoms with E-state index >= 15 is 0 Å². The quantitative estimate of drug-likeness (QED) is 0.838. The number of hydrogen-bond acceptors (Lipinski definition) is 2. The second-order valence-electron chi connectivity index (χ2n) is 5.72. The molecule has 0 unspecified atom stereocenters. The summed E-state index contributed by atoms with van der Waals surface area (Å²) in [6.45, 7) is 1.32. The van der Waals surface area contributed by atoms with E-state index in [1.165, 1.54) is 18.9 Å². The number of carbonyl (C=O) groups is 1. The van der Waals surface area contributed by atoms with Gasteiger partial charge in [0.15, 0.2) is 0 Å². The lowest BCUT2D eigenvalue weighted by atomic mass is 10.1. The Hall–Kier alpha value is -1.42. The van der Waals surface area contributed by atoms with E-state index in [-0.39, 0.29) is 11.7 Å². The molecule has 1 saturated carbocycles. The number of benzene rings is 1. The van der Waals surface area contributed by atoms with Crippen molar-refractivity contribution in [1.29, 1.82) is 0 Å². The van der Waals surface area contributed by atoms with Crippen LogP contribution in [0.15, 0.2) is 24.3 Å². The summed E-state index contributed by atoms with van der Waals surface area (Å²) in [5.41, 5.74) is 0.696. The molecule has 0 heterocycles. The number of amides is 1. The van der Waals surface area contributed by atoms with E-state index in [1.807, 2.05) is 18.0 Å². The Morgan fingerprint density at radius 1 is 1.33 bits per heavy atom. The predicted molar refractivity (Wildman–Crippen MR) is 82.6 cm³/mol. The third-order valence-electron chi connectivity index (χ3n) is 4.25. The molecule has 0 radical (unpaired) electrons. The number of hydrogen-bond donors (Lipinski definition) is 1. The molecule has 4 heteroatoms. The van der Waals surface area contributed by atoms with E-state index in [0.717, 1.165) is 12.8 Å². The van der Waals surface area contributed by atoms with Gasteiger partial charge in [-0.15, -0.1) is 0 Å². The Labute approximate surface area is 126 Å². The third-order valence-corrected chi connectivity index (χ3v) is 4.25. The second kappa shape index (κ2) is 8.13. The minimum absolute atomic E-state index is 0.174. The fraction of sp³-hybridized carbons (Fsp3) is 0.588. The van der Waals surface area contributed by atoms with Gasteiger partial charge in [0, 0.05) is 25.6 Å². The van der Waals surface area contributed by atoms with Gasteiger partial charge in [-0.3, -0.25) is 4.79 Å². The second-order valence-corrected chi connectivity index (χ2v) is 5.72. The van der Waals surface area contributed by atoms with E-state index in [4.69, 9.17) is 0 Å². The Kier molecular flexibility index (Phi) is 6.18. The molecule has 1 aliphatic carbocycles. The molecule has 0 atom stereocenters. The highest BCUT2D eigenvalue weighted by Gasteiger charge is 2.26. The van der Waals surface area contributed by atoms with E-state index < -0.39 is 0 Å². The van der Waals surface area contributed by atoms with E-state index in [0.29, 0.717) is 37.5 Å². The van der Waals surface area contributed by atoms with Crippen LogP contribution in [0, 0.1) is 5.82 Å². The molecule has 21 heavy (non-hydrogen) atoms. The van der Waals surface area contributed by atoms with Crippen LogP contribution in [0.3, 0.4) is 0 Å². The molecule has 2 rings (SSSR count). The van der Waals surface area contributed by atoms with Crippen molar-refractivity contribution in [2.24, 2.45) is 0 Å². The van der Waals surface area contributed by atoms with Gasteiger partial charge in [0.05, 0.1) is 0 Å². The summed E-state index contributed by atoms with van der Waals surface area (Å²) in [6, 6.07) is 7.19. The molecule has 1 N–H and O–H groups in total. The van der Waals surface area contributed by atoms with Crippen LogP contribution in [0.2, 0.25) is 0 Å². The lowest BCUT2D eigenvalue weighted by Crippen LogP contribution is -2.41. The summed E-state index contributed by atoms with van der Waals surface area (Å²) in [7, 11) is 1.85. The van der Waals surface area contributed by atoms with Crippen LogP contribution in [0.4, 0.5) is 4.39 Å². The molecule has 1 amide bonds. The van der Waals surface area contributed by atoms with E-state index in [9.17, 15) is 9.18 Å². The topological polar surface area (TPSA) is 32.3 Å². The number of nitrogens with zero attached hydrogens (tertiary/aromatic N) is 1. The van der Waals surface area contributed by atoms with Crippen LogP contribution in [0.25, 0.3) is 0 Å². The van der Waals surface area contributed by atoms with Crippen molar-refractivity contribution in [2.75, 3.05) is 20.1 Å². The first-order chi connectivity index (χ1) is 10.2. The maximum atomic E-state index is 13.7. The Bertz CT molecular complexity index is 458. The summed E-state index contributed by atoms with van der Waals surface area (Å²) in [5.74, 6) is 0.0131. The zero-order chi connectivity index (χ0) is 15.1. The third kappa shape index (κ3) is 4.53. The van der Waals surface area contributed by atoms with Gasteiger partial charge in [0.25, 0.3) is 0 Å². The zero-order valence-electron chi connectivity index (χ0n) is 12.8. The van der Waals surface area contributed by atoms with E-state index in [2.05, 4.69) is 5.32 Å². The lowest BCUT2D eigenvalue weighted by molar-refractivity contribution is -0.133. The number of halogens is 1. The Morgan fingerprint density at radius 2 is 2.05 bits per heavy atom. The van der Waals surface area contributed by atoms with E-state index in [1.54, 1.807) is 12.1 Å². The van der Waals surface area contributed by atoms with Crippen molar-refractivity contribution in [3.05, 3.63) is 35.6 Å². The van der Waals surface area contributed by atoms with Gasteiger partial charge in [-0.2, -0.15) is 0 Å². The molecule has 0 aliphatic heterocycles. The van der Waals surface area contributed by atoms with Crippen molar-refractivity contribution in [1.82, 2.24) is 10.2 Å². The highest BCUT2D eigenvalue weighted by atomic mass is 19.1. The average Bonchev–Trinajstić information content (AvgIpc) is 3.01. The van der Waals surface area contributed by atoms with Crippen LogP contribution in [0.1, 0.15) is 37.7 Å². The normalized spacial score (nSPS) is 15.3. The monoisotopic (exact) mass is 292 g/mol. The molecule has 1 fully saturated rings. The van der Waals surface area contributed by atoms with Gasteiger partial charge in [-0.1, -0.05) is 31.0 Å². The molecular formula is C17H25FN2O. The minimum atomic E-state index is -0.174. The lowest BCUT2D eigenvalue weighted by Gasteiger charge is -2.29. The van der Waals surface area contributed by atoms with Crippen LogP contribution in [-0.2, 0) is 11.2 Å². The molecule has 0 bridgehead atoms. The molecule has 1 aromatic rings. The first-order valence-corrected chi connectivity index (χ1v) is 7.90. The maximum Gasteiger partial charge on any atom is 0.224 e. The molecule has 0 aromatic heterocycles. The zero-order valence-corrected chi connectivity index (χ0v) is 12.8. The maximum absolute atomic E-state index is 13.7. The van der Waals surface area contributed by atoms with Crippen LogP contribution >= 0.6 is 0 Å². The van der Waals surface area contributed by atoms with Gasteiger partial charge >= 0.3 is 0 Å². The van der Waals surface area contributed by atoms with Crippen molar-refractivity contribution in [3.8, 4) is 0 Å². The van der Waals surface area contributed by atoms with Crippen molar-refractivity contribution in [3.63, 3.8) is 0 Å². The summed E-state index contributed by atoms with van der Waals surface area (Å²) < 4.78 is 13.7. The highest BCUT2D eigenvalue weighted by Crippen LogP contribution is 2.24. The van der Waals surface area contributed by atoms with Crippen molar-refractivity contribution in [2.45, 2.75) is 44.6 Å². The fourth-order valence-electron chi connectivity index (χ4n) is 3.04. The highest BCUT2D eigenvalue weighted by molar-refractivity contribution is 5.76. The van der Waals surface area contributed by atoms with Gasteiger partial charge in [-0.25, -0.2) is 4.39 Å². The Morgan fingerprint density at radius 3 is 2.71 bits per heavy atom. The van der Waals surface area contributed by atoms with Crippen LogP contribution in [-0.4, -0.2) is 37.0 Å². The molecule has 0 spiro atoms. The van der Waals surface area contributed by atoms with Crippen LogP contribution < -0.4 is 5.32 Å². The fourth-order valence-corrected chi connectivity index (χ4v) is 3.04. The van der Waals surface area contributed by atoms with Crippen LogP contribution in [0.5, 0.6) is 0 Å². The molecule has 3 nitrogen and oxygen atoms in total. The Balaban J connectivity index is 1.98. The van der Waals surface area contributed by atoms with Crippen molar-refractivity contribution < 1.29 is 9.18 Å². The molecule has 0 saturated heterocycles. The number of rotatable bonds is 7. The van der Waals surface area contributed by atoms with Crippen molar-refractivity contribution >= 4 is 5.91 Å². The number of carbonyl (C=O) groups excluding carboxylic acids is 1. The summed E-state index contributed by atoms with van der Waals surface area (Å²) in [6.07, 6.45) is 5.67. The summed E-state index contributed by atoms with van der Waals surface area (Å²) in [4.78, 5) is 14.4. The predicted octanol–water partition coefficient (Wildman–Crippen LogP) is 2.75. The summed E-state index contributed by atoms with van der Waals surface area (Å²) >= 11 is 0. The van der Waals surface area contributed by atoms with Gasteiger partial charge in [0.1, 0.15) is 5.82 Å². The number of nitrogens with one attached hydrogen (secondary N) is 1. The summed E-state index contributed by atoms with van der Waals surface area (Å²) in [5, 5.41) is 3.02. The minimum Gasteiger partial charge on any atom is -0.339 e. The molecule has 1 aromatic carbocycles. The average molecular weight is 292 g/mol. The standard InChI is InChI=1S/C17H25FN2O/c1-19-12-10-17(21)20(15-7-3-4-8-15)13-11-14-6-2-5-9-16(14)18/h2,5-6,9,15,19H,3-4,7-8,10-13H2,1H3. The molecule has 116 valence electrons. The van der Waals surface area contributed by atoms with Gasteiger partial charge in [-0.05, 0) is 37.9 Å². The SMILES string of the molecule is CNCCC(=O)N(CCc1ccccc1F)C1CCCC1. The molecular weight excluding hydrogens is 267 g/mol.